The number of nitrogens with one attached hydrogen (secondary N) is 1. The molecule has 1 aliphatic carbocycles. The molecule has 0 aromatic heterocycles. The predicted molar refractivity (Wildman–Crippen MR) is 89.8 cm³/mol. The molecule has 0 bridgehead atoms. The standard InChI is InChI=1S/C18H37NO2/c1-5-8-17-9-11-18(12-10-17,15-19-13-6-2)21-16(4)14-20-7-3/h16-17,19H,5-15H2,1-4H3. The van der Waals surface area contributed by atoms with Crippen molar-refractivity contribution in [1.29, 1.82) is 0 Å². The lowest BCUT2D eigenvalue weighted by Crippen LogP contribution is -2.48. The largest absolute Gasteiger partial charge is 0.379 e. The van der Waals surface area contributed by atoms with Crippen LogP contribution in [0.15, 0.2) is 0 Å². The van der Waals surface area contributed by atoms with Gasteiger partial charge in [0.2, 0.25) is 0 Å². The Morgan fingerprint density at radius 2 is 1.86 bits per heavy atom. The zero-order valence-corrected chi connectivity index (χ0v) is 14.7. The molecular weight excluding hydrogens is 262 g/mol. The van der Waals surface area contributed by atoms with Gasteiger partial charge in [-0.3, -0.25) is 0 Å². The molecule has 0 radical (unpaired) electrons. The van der Waals surface area contributed by atoms with Crippen molar-refractivity contribution in [2.75, 3.05) is 26.3 Å². The van der Waals surface area contributed by atoms with Gasteiger partial charge >= 0.3 is 0 Å². The fraction of sp³-hybridized carbons (Fsp3) is 1.00. The minimum absolute atomic E-state index is 0.0376. The summed E-state index contributed by atoms with van der Waals surface area (Å²) in [6.45, 7) is 12.3. The van der Waals surface area contributed by atoms with Crippen LogP contribution in [0.4, 0.5) is 0 Å². The molecule has 1 atom stereocenters. The summed E-state index contributed by atoms with van der Waals surface area (Å²) in [7, 11) is 0. The molecule has 1 saturated carbocycles. The smallest absolute Gasteiger partial charge is 0.0811 e. The second-order valence-corrected chi connectivity index (χ2v) is 6.68. The van der Waals surface area contributed by atoms with E-state index >= 15 is 0 Å². The summed E-state index contributed by atoms with van der Waals surface area (Å²) in [5.74, 6) is 0.917. The van der Waals surface area contributed by atoms with Gasteiger partial charge in [0.05, 0.1) is 18.3 Å². The summed E-state index contributed by atoms with van der Waals surface area (Å²) in [4.78, 5) is 0. The van der Waals surface area contributed by atoms with Gasteiger partial charge in [-0.15, -0.1) is 0 Å². The van der Waals surface area contributed by atoms with Crippen LogP contribution in [-0.4, -0.2) is 38.0 Å². The number of hydrogen-bond donors (Lipinski definition) is 1. The van der Waals surface area contributed by atoms with Gasteiger partial charge in [-0.1, -0.05) is 26.7 Å². The summed E-state index contributed by atoms with van der Waals surface area (Å²) in [6, 6.07) is 0. The molecule has 0 aromatic rings. The van der Waals surface area contributed by atoms with Gasteiger partial charge in [0.25, 0.3) is 0 Å². The lowest BCUT2D eigenvalue weighted by atomic mass is 9.77. The van der Waals surface area contributed by atoms with Gasteiger partial charge in [-0.05, 0) is 58.4 Å². The third-order valence-electron chi connectivity index (χ3n) is 4.60. The molecule has 1 fully saturated rings. The van der Waals surface area contributed by atoms with Crippen molar-refractivity contribution >= 4 is 0 Å². The first-order valence-corrected chi connectivity index (χ1v) is 9.12. The molecule has 0 aliphatic heterocycles. The Morgan fingerprint density at radius 1 is 1.14 bits per heavy atom. The topological polar surface area (TPSA) is 30.5 Å². The lowest BCUT2D eigenvalue weighted by molar-refractivity contribution is -0.131. The molecule has 21 heavy (non-hydrogen) atoms. The predicted octanol–water partition coefficient (Wildman–Crippen LogP) is 4.16. The monoisotopic (exact) mass is 299 g/mol. The zero-order chi connectivity index (χ0) is 15.6. The Hall–Kier alpha value is -0.120. The summed E-state index contributed by atoms with van der Waals surface area (Å²) >= 11 is 0. The molecule has 0 aromatic carbocycles. The molecular formula is C18H37NO2. The molecule has 0 heterocycles. The Bertz CT molecular complexity index is 250. The molecule has 1 rings (SSSR count). The molecule has 3 nitrogen and oxygen atoms in total. The highest BCUT2D eigenvalue weighted by Crippen LogP contribution is 2.37. The lowest BCUT2D eigenvalue weighted by Gasteiger charge is -2.42. The van der Waals surface area contributed by atoms with Crippen molar-refractivity contribution in [2.45, 2.75) is 84.3 Å². The Kier molecular flexibility index (Phi) is 9.54. The summed E-state index contributed by atoms with van der Waals surface area (Å²) < 4.78 is 12.0. The summed E-state index contributed by atoms with van der Waals surface area (Å²) in [5, 5.41) is 3.59. The molecule has 1 N–H and O–H groups in total. The van der Waals surface area contributed by atoms with Gasteiger partial charge < -0.3 is 14.8 Å². The van der Waals surface area contributed by atoms with E-state index in [0.29, 0.717) is 6.61 Å². The quantitative estimate of drug-likeness (QED) is 0.581. The average Bonchev–Trinajstić information content (AvgIpc) is 2.48. The molecule has 1 aliphatic rings. The van der Waals surface area contributed by atoms with Crippen molar-refractivity contribution in [3.63, 3.8) is 0 Å². The third kappa shape index (κ3) is 7.12. The Morgan fingerprint density at radius 3 is 2.43 bits per heavy atom. The van der Waals surface area contributed by atoms with Crippen LogP contribution in [0.2, 0.25) is 0 Å². The van der Waals surface area contributed by atoms with E-state index in [4.69, 9.17) is 9.47 Å². The van der Waals surface area contributed by atoms with Crippen molar-refractivity contribution in [1.82, 2.24) is 5.32 Å². The average molecular weight is 299 g/mol. The van der Waals surface area contributed by atoms with Crippen LogP contribution >= 0.6 is 0 Å². The van der Waals surface area contributed by atoms with Crippen LogP contribution in [-0.2, 0) is 9.47 Å². The maximum atomic E-state index is 6.47. The van der Waals surface area contributed by atoms with Gasteiger partial charge in [0.15, 0.2) is 0 Å². The highest BCUT2D eigenvalue weighted by atomic mass is 16.5. The van der Waals surface area contributed by atoms with Gasteiger partial charge in [-0.2, -0.15) is 0 Å². The second kappa shape index (κ2) is 10.6. The SMILES string of the molecule is CCCNCC1(OC(C)COCC)CCC(CCC)CC1. The maximum Gasteiger partial charge on any atom is 0.0811 e. The van der Waals surface area contributed by atoms with Crippen LogP contribution in [0.5, 0.6) is 0 Å². The van der Waals surface area contributed by atoms with E-state index in [0.717, 1.165) is 25.6 Å². The van der Waals surface area contributed by atoms with Crippen molar-refractivity contribution in [2.24, 2.45) is 5.92 Å². The van der Waals surface area contributed by atoms with Crippen molar-refractivity contribution < 1.29 is 9.47 Å². The Labute approximate surface area is 132 Å². The van der Waals surface area contributed by atoms with Crippen LogP contribution in [0, 0.1) is 5.92 Å². The summed E-state index contributed by atoms with van der Waals surface area (Å²) in [6.07, 6.45) is 9.11. The van der Waals surface area contributed by atoms with Gasteiger partial charge in [-0.25, -0.2) is 0 Å². The summed E-state index contributed by atoms with van der Waals surface area (Å²) in [5.41, 5.74) is 0.0376. The number of ether oxygens (including phenoxy) is 2. The van der Waals surface area contributed by atoms with E-state index in [1.54, 1.807) is 0 Å². The fourth-order valence-electron chi connectivity index (χ4n) is 3.47. The van der Waals surface area contributed by atoms with Crippen LogP contribution < -0.4 is 5.32 Å². The fourth-order valence-corrected chi connectivity index (χ4v) is 3.47. The number of hydrogen-bond acceptors (Lipinski definition) is 3. The van der Waals surface area contributed by atoms with Crippen LogP contribution in [0.1, 0.15) is 72.6 Å². The van der Waals surface area contributed by atoms with Gasteiger partial charge in [0.1, 0.15) is 0 Å². The van der Waals surface area contributed by atoms with E-state index in [1.165, 1.54) is 44.9 Å². The molecule has 1 unspecified atom stereocenters. The highest BCUT2D eigenvalue weighted by Gasteiger charge is 2.37. The first-order chi connectivity index (χ1) is 10.2. The number of rotatable bonds is 11. The first kappa shape index (κ1) is 18.9. The Balaban J connectivity index is 2.50. The minimum atomic E-state index is 0.0376. The van der Waals surface area contributed by atoms with Crippen LogP contribution in [0.25, 0.3) is 0 Å². The maximum absolute atomic E-state index is 6.47. The van der Waals surface area contributed by atoms with Crippen LogP contribution in [0.3, 0.4) is 0 Å². The van der Waals surface area contributed by atoms with E-state index < -0.39 is 0 Å². The second-order valence-electron chi connectivity index (χ2n) is 6.68. The van der Waals surface area contributed by atoms with E-state index in [9.17, 15) is 0 Å². The van der Waals surface area contributed by atoms with E-state index in [2.05, 4.69) is 26.1 Å². The molecule has 0 spiro atoms. The first-order valence-electron chi connectivity index (χ1n) is 9.12. The van der Waals surface area contributed by atoms with E-state index in [1.807, 2.05) is 6.92 Å². The minimum Gasteiger partial charge on any atom is -0.379 e. The van der Waals surface area contributed by atoms with Crippen molar-refractivity contribution in [3.8, 4) is 0 Å². The highest BCUT2D eigenvalue weighted by molar-refractivity contribution is 4.90. The molecule has 0 amide bonds. The van der Waals surface area contributed by atoms with E-state index in [-0.39, 0.29) is 11.7 Å². The molecule has 0 saturated heterocycles. The molecule has 3 heteroatoms. The van der Waals surface area contributed by atoms with Gasteiger partial charge in [0, 0.05) is 13.2 Å². The zero-order valence-electron chi connectivity index (χ0n) is 14.7. The third-order valence-corrected chi connectivity index (χ3v) is 4.60. The normalized spacial score (nSPS) is 27.7. The molecule has 126 valence electrons. The van der Waals surface area contributed by atoms with Crippen molar-refractivity contribution in [3.05, 3.63) is 0 Å².